The third kappa shape index (κ3) is 2.81. The van der Waals surface area contributed by atoms with Crippen LogP contribution in [0.1, 0.15) is 24.8 Å². The van der Waals surface area contributed by atoms with Crippen molar-refractivity contribution in [2.24, 2.45) is 0 Å². The summed E-state index contributed by atoms with van der Waals surface area (Å²) in [6, 6.07) is 4.36. The summed E-state index contributed by atoms with van der Waals surface area (Å²) in [4.78, 5) is 28.0. The van der Waals surface area contributed by atoms with Crippen molar-refractivity contribution in [3.63, 3.8) is 0 Å². The topological polar surface area (TPSA) is 40.6 Å². The van der Waals surface area contributed by atoms with Crippen molar-refractivity contribution < 1.29 is 14.0 Å². The first kappa shape index (κ1) is 14.5. The Morgan fingerprint density at radius 3 is 2.86 bits per heavy atom. The maximum atomic E-state index is 13.2. The normalized spacial score (nSPS) is 22.5. The Morgan fingerprint density at radius 2 is 2.10 bits per heavy atom. The first-order valence-corrected chi connectivity index (χ1v) is 7.88. The van der Waals surface area contributed by atoms with E-state index in [-0.39, 0.29) is 30.2 Å². The molecule has 2 aliphatic rings. The molecule has 0 radical (unpaired) electrons. The van der Waals surface area contributed by atoms with Gasteiger partial charge in [0.1, 0.15) is 18.4 Å². The molecule has 2 amide bonds. The highest BCUT2D eigenvalue weighted by molar-refractivity contribution is 9.10. The molecule has 1 unspecified atom stereocenters. The second kappa shape index (κ2) is 5.75. The number of hydrogen-bond acceptors (Lipinski definition) is 2. The highest BCUT2D eigenvalue weighted by atomic mass is 79.9. The van der Waals surface area contributed by atoms with E-state index < -0.39 is 0 Å². The Morgan fingerprint density at radius 1 is 1.29 bits per heavy atom. The molecule has 0 aliphatic carbocycles. The third-order valence-corrected chi connectivity index (χ3v) is 4.71. The second-order valence-electron chi connectivity index (χ2n) is 5.54. The van der Waals surface area contributed by atoms with E-state index in [1.807, 2.05) is 0 Å². The predicted molar refractivity (Wildman–Crippen MR) is 78.9 cm³/mol. The molecule has 4 nitrogen and oxygen atoms in total. The van der Waals surface area contributed by atoms with Crippen molar-refractivity contribution in [2.45, 2.75) is 31.8 Å². The van der Waals surface area contributed by atoms with Gasteiger partial charge in [0, 0.05) is 13.1 Å². The first-order chi connectivity index (χ1) is 10.1. The fourth-order valence-electron chi connectivity index (χ4n) is 3.02. The van der Waals surface area contributed by atoms with E-state index in [9.17, 15) is 14.0 Å². The number of carbonyl (C=O) groups excluding carboxylic acids is 2. The first-order valence-electron chi connectivity index (χ1n) is 7.08. The summed E-state index contributed by atoms with van der Waals surface area (Å²) < 4.78 is 13.6. The zero-order valence-electron chi connectivity index (χ0n) is 11.5. The summed E-state index contributed by atoms with van der Waals surface area (Å²) in [5.74, 6) is -0.312. The molecule has 1 atom stereocenters. The standard InChI is InChI=1S/C15H16BrFN2O2/c16-11-7-10(4-5-12(11)17)8-18-9-14(20)19-6-2-1-3-13(19)15(18)21/h4-5,7,13H,1-3,6,8-9H2. The van der Waals surface area contributed by atoms with Crippen LogP contribution in [0.2, 0.25) is 0 Å². The number of benzene rings is 1. The van der Waals surface area contributed by atoms with Crippen LogP contribution in [-0.4, -0.2) is 40.7 Å². The lowest BCUT2D eigenvalue weighted by atomic mass is 9.98. The number of nitrogens with zero attached hydrogens (tertiary/aromatic N) is 2. The SMILES string of the molecule is O=C1C2CCCCN2C(=O)CN1Cc1ccc(F)c(Br)c1. The van der Waals surface area contributed by atoms with Crippen LogP contribution in [0.5, 0.6) is 0 Å². The Bertz CT molecular complexity index is 593. The van der Waals surface area contributed by atoms with Crippen LogP contribution in [-0.2, 0) is 16.1 Å². The van der Waals surface area contributed by atoms with Crippen LogP contribution in [0.3, 0.4) is 0 Å². The van der Waals surface area contributed by atoms with Crippen LogP contribution >= 0.6 is 15.9 Å². The highest BCUT2D eigenvalue weighted by Crippen LogP contribution is 2.25. The second-order valence-corrected chi connectivity index (χ2v) is 6.40. The summed E-state index contributed by atoms with van der Waals surface area (Å²) in [6.07, 6.45) is 2.70. The number of rotatable bonds is 2. The molecule has 2 heterocycles. The largest absolute Gasteiger partial charge is 0.329 e. The van der Waals surface area contributed by atoms with Crippen molar-refractivity contribution in [3.05, 3.63) is 34.1 Å². The minimum Gasteiger partial charge on any atom is -0.329 e. The number of piperazine rings is 1. The van der Waals surface area contributed by atoms with E-state index >= 15 is 0 Å². The summed E-state index contributed by atoms with van der Waals surface area (Å²) in [7, 11) is 0. The third-order valence-electron chi connectivity index (χ3n) is 4.10. The van der Waals surface area contributed by atoms with E-state index in [0.717, 1.165) is 24.8 Å². The molecule has 0 aromatic heterocycles. The summed E-state index contributed by atoms with van der Waals surface area (Å²) in [6.45, 7) is 1.14. The Balaban J connectivity index is 1.77. The molecule has 2 fully saturated rings. The molecule has 0 saturated carbocycles. The number of hydrogen-bond donors (Lipinski definition) is 0. The van der Waals surface area contributed by atoms with Gasteiger partial charge in [-0.3, -0.25) is 9.59 Å². The number of halogens is 2. The average molecular weight is 355 g/mol. The monoisotopic (exact) mass is 354 g/mol. The van der Waals surface area contributed by atoms with Crippen LogP contribution in [0, 0.1) is 5.82 Å². The zero-order valence-corrected chi connectivity index (χ0v) is 13.1. The molecular formula is C15H16BrFN2O2. The van der Waals surface area contributed by atoms with Gasteiger partial charge >= 0.3 is 0 Å². The van der Waals surface area contributed by atoms with Crippen molar-refractivity contribution >= 4 is 27.7 Å². The van der Waals surface area contributed by atoms with Crippen molar-refractivity contribution in [2.75, 3.05) is 13.1 Å². The van der Waals surface area contributed by atoms with Crippen LogP contribution in [0.15, 0.2) is 22.7 Å². The number of piperidine rings is 1. The molecule has 2 saturated heterocycles. The molecule has 6 heteroatoms. The number of carbonyl (C=O) groups is 2. The van der Waals surface area contributed by atoms with E-state index in [1.165, 1.54) is 6.07 Å². The van der Waals surface area contributed by atoms with Crippen LogP contribution < -0.4 is 0 Å². The van der Waals surface area contributed by atoms with Gasteiger partial charge in [-0.2, -0.15) is 0 Å². The maximum absolute atomic E-state index is 13.2. The lowest BCUT2D eigenvalue weighted by Gasteiger charge is -2.42. The maximum Gasteiger partial charge on any atom is 0.246 e. The quantitative estimate of drug-likeness (QED) is 0.817. The van der Waals surface area contributed by atoms with Gasteiger partial charge in [0.2, 0.25) is 11.8 Å². The predicted octanol–water partition coefficient (Wildman–Crippen LogP) is 2.31. The van der Waals surface area contributed by atoms with Gasteiger partial charge in [0.25, 0.3) is 0 Å². The molecule has 21 heavy (non-hydrogen) atoms. The van der Waals surface area contributed by atoms with Gasteiger partial charge < -0.3 is 9.80 Å². The lowest BCUT2D eigenvalue weighted by molar-refractivity contribution is -0.158. The minimum atomic E-state index is -0.335. The van der Waals surface area contributed by atoms with E-state index in [1.54, 1.807) is 21.9 Å². The molecule has 0 N–H and O–H groups in total. The van der Waals surface area contributed by atoms with Gasteiger partial charge in [-0.15, -0.1) is 0 Å². The smallest absolute Gasteiger partial charge is 0.246 e. The highest BCUT2D eigenvalue weighted by Gasteiger charge is 2.40. The number of amides is 2. The van der Waals surface area contributed by atoms with Crippen molar-refractivity contribution in [1.82, 2.24) is 9.80 Å². The molecular weight excluding hydrogens is 339 g/mol. The van der Waals surface area contributed by atoms with Gasteiger partial charge in [-0.05, 0) is 52.9 Å². The molecule has 112 valence electrons. The summed E-state index contributed by atoms with van der Waals surface area (Å²) >= 11 is 3.14. The molecule has 0 spiro atoms. The molecule has 0 bridgehead atoms. The zero-order chi connectivity index (χ0) is 15.0. The van der Waals surface area contributed by atoms with Crippen molar-refractivity contribution in [3.8, 4) is 0 Å². The molecule has 3 rings (SSSR count). The van der Waals surface area contributed by atoms with Gasteiger partial charge in [-0.1, -0.05) is 6.07 Å². The fourth-order valence-corrected chi connectivity index (χ4v) is 3.45. The Labute approximate surface area is 131 Å². The van der Waals surface area contributed by atoms with Crippen molar-refractivity contribution in [1.29, 1.82) is 0 Å². The van der Waals surface area contributed by atoms with Crippen LogP contribution in [0.4, 0.5) is 4.39 Å². The summed E-state index contributed by atoms with van der Waals surface area (Å²) in [5.41, 5.74) is 0.814. The average Bonchev–Trinajstić information content (AvgIpc) is 2.48. The summed E-state index contributed by atoms with van der Waals surface area (Å²) in [5, 5.41) is 0. The van der Waals surface area contributed by atoms with Gasteiger partial charge in [0.15, 0.2) is 0 Å². The lowest BCUT2D eigenvalue weighted by Crippen LogP contribution is -2.60. The Hall–Kier alpha value is -1.43. The molecule has 2 aliphatic heterocycles. The van der Waals surface area contributed by atoms with Gasteiger partial charge in [0.05, 0.1) is 4.47 Å². The molecule has 1 aromatic carbocycles. The van der Waals surface area contributed by atoms with Gasteiger partial charge in [-0.25, -0.2) is 4.39 Å². The fraction of sp³-hybridized carbons (Fsp3) is 0.467. The Kier molecular flexibility index (Phi) is 3.97. The van der Waals surface area contributed by atoms with E-state index in [2.05, 4.69) is 15.9 Å². The minimum absolute atomic E-state index is 0.00903. The van der Waals surface area contributed by atoms with E-state index in [0.29, 0.717) is 17.6 Å². The van der Waals surface area contributed by atoms with E-state index in [4.69, 9.17) is 0 Å². The molecule has 1 aromatic rings. The van der Waals surface area contributed by atoms with Crippen LogP contribution in [0.25, 0.3) is 0 Å². The number of fused-ring (bicyclic) bond motifs is 1.